The largest absolute Gasteiger partial charge is 0.458 e. The van der Waals surface area contributed by atoms with Crippen LogP contribution in [-0.4, -0.2) is 29.3 Å². The zero-order chi connectivity index (χ0) is 19.4. The molecule has 1 aromatic carbocycles. The van der Waals surface area contributed by atoms with E-state index in [1.807, 2.05) is 0 Å². The summed E-state index contributed by atoms with van der Waals surface area (Å²) in [5.41, 5.74) is 11.8. The molecule has 0 fully saturated rings. The third-order valence-corrected chi connectivity index (χ3v) is 2.97. The van der Waals surface area contributed by atoms with Gasteiger partial charge < -0.3 is 26.3 Å². The molecular weight excluding hydrogens is 322 g/mol. The summed E-state index contributed by atoms with van der Waals surface area (Å²) in [6, 6.07) is 4.17. The number of anilines is 2. The number of alkyl carbamates (subject to hydrolysis) is 1. The number of nitrogens with one attached hydrogen (secondary N) is 1. The SMILES string of the molecule is CC(C)(C)OC(=O)N[C@@H](Cc1ccc(N)c(N)c1)C(=O)OC(C)(C)C. The molecule has 0 radical (unpaired) electrons. The number of hydrogen-bond acceptors (Lipinski definition) is 6. The first-order valence-corrected chi connectivity index (χ1v) is 8.13. The Hall–Kier alpha value is -2.44. The Balaban J connectivity index is 2.95. The summed E-state index contributed by atoms with van der Waals surface area (Å²) in [6.45, 7) is 10.5. The van der Waals surface area contributed by atoms with Crippen molar-refractivity contribution >= 4 is 23.4 Å². The van der Waals surface area contributed by atoms with Gasteiger partial charge in [0.15, 0.2) is 0 Å². The van der Waals surface area contributed by atoms with Gasteiger partial charge >= 0.3 is 12.1 Å². The molecule has 0 saturated carbocycles. The van der Waals surface area contributed by atoms with Gasteiger partial charge in [0.1, 0.15) is 17.2 Å². The number of amides is 1. The van der Waals surface area contributed by atoms with Gasteiger partial charge in [-0.05, 0) is 59.2 Å². The van der Waals surface area contributed by atoms with Crippen molar-refractivity contribution in [3.8, 4) is 0 Å². The zero-order valence-electron chi connectivity index (χ0n) is 15.8. The molecule has 0 bridgehead atoms. The van der Waals surface area contributed by atoms with Crippen LogP contribution in [0.2, 0.25) is 0 Å². The Bertz CT molecular complexity index is 630. The van der Waals surface area contributed by atoms with Gasteiger partial charge in [0.25, 0.3) is 0 Å². The molecule has 25 heavy (non-hydrogen) atoms. The smallest absolute Gasteiger partial charge is 0.408 e. The molecule has 0 aliphatic carbocycles. The van der Waals surface area contributed by atoms with Crippen molar-refractivity contribution in [1.29, 1.82) is 0 Å². The van der Waals surface area contributed by atoms with Gasteiger partial charge in [0.2, 0.25) is 0 Å². The molecular formula is C18H29N3O4. The van der Waals surface area contributed by atoms with E-state index >= 15 is 0 Å². The average molecular weight is 351 g/mol. The summed E-state index contributed by atoms with van der Waals surface area (Å²) in [6.07, 6.45) is -0.481. The average Bonchev–Trinajstić information content (AvgIpc) is 2.38. The van der Waals surface area contributed by atoms with Gasteiger partial charge in [0.05, 0.1) is 11.4 Å². The molecule has 0 aliphatic heterocycles. The van der Waals surface area contributed by atoms with Crippen molar-refractivity contribution in [3.05, 3.63) is 23.8 Å². The Labute approximate surface area is 149 Å². The predicted octanol–water partition coefficient (Wildman–Crippen LogP) is 2.63. The zero-order valence-corrected chi connectivity index (χ0v) is 15.8. The van der Waals surface area contributed by atoms with Crippen LogP contribution in [0.4, 0.5) is 16.2 Å². The lowest BCUT2D eigenvalue weighted by Crippen LogP contribution is -2.47. The van der Waals surface area contributed by atoms with E-state index in [9.17, 15) is 9.59 Å². The van der Waals surface area contributed by atoms with Crippen LogP contribution < -0.4 is 16.8 Å². The first-order valence-electron chi connectivity index (χ1n) is 8.13. The standard InChI is InChI=1S/C18H29N3O4/c1-17(2,3)24-15(22)14(21-16(23)25-18(4,5)6)10-11-7-8-12(19)13(20)9-11/h7-9,14H,10,19-20H2,1-6H3,(H,21,23)/t14-/m0/s1. The lowest BCUT2D eigenvalue weighted by molar-refractivity contribution is -0.157. The highest BCUT2D eigenvalue weighted by molar-refractivity contribution is 5.82. The number of carbonyl (C=O) groups excluding carboxylic acids is 2. The fourth-order valence-electron chi connectivity index (χ4n) is 2.00. The van der Waals surface area contributed by atoms with E-state index < -0.39 is 29.3 Å². The number of hydrogen-bond donors (Lipinski definition) is 3. The van der Waals surface area contributed by atoms with Gasteiger partial charge in [-0.2, -0.15) is 0 Å². The van der Waals surface area contributed by atoms with Gasteiger partial charge in [-0.25, -0.2) is 9.59 Å². The Morgan fingerprint density at radius 2 is 1.56 bits per heavy atom. The number of nitrogens with two attached hydrogens (primary N) is 2. The van der Waals surface area contributed by atoms with Gasteiger partial charge in [-0.1, -0.05) is 6.07 Å². The lowest BCUT2D eigenvalue weighted by atomic mass is 10.0. The maximum absolute atomic E-state index is 12.5. The predicted molar refractivity (Wildman–Crippen MR) is 98.0 cm³/mol. The first kappa shape index (κ1) is 20.6. The fraction of sp³-hybridized carbons (Fsp3) is 0.556. The van der Waals surface area contributed by atoms with Crippen molar-refractivity contribution < 1.29 is 19.1 Å². The number of carbonyl (C=O) groups is 2. The van der Waals surface area contributed by atoms with E-state index in [1.165, 1.54) is 0 Å². The van der Waals surface area contributed by atoms with Crippen molar-refractivity contribution in [2.24, 2.45) is 0 Å². The molecule has 1 amide bonds. The monoisotopic (exact) mass is 351 g/mol. The molecule has 7 heteroatoms. The molecule has 1 aromatic rings. The number of rotatable bonds is 4. The van der Waals surface area contributed by atoms with Crippen LogP contribution >= 0.6 is 0 Å². The lowest BCUT2D eigenvalue weighted by Gasteiger charge is -2.26. The third-order valence-electron chi connectivity index (χ3n) is 2.97. The summed E-state index contributed by atoms with van der Waals surface area (Å²) in [4.78, 5) is 24.5. The molecule has 5 N–H and O–H groups in total. The third kappa shape index (κ3) is 7.78. The Morgan fingerprint density at radius 3 is 2.04 bits per heavy atom. The van der Waals surface area contributed by atoms with E-state index in [0.29, 0.717) is 11.4 Å². The van der Waals surface area contributed by atoms with E-state index in [2.05, 4.69) is 5.32 Å². The summed E-state index contributed by atoms with van der Waals surface area (Å²) < 4.78 is 10.6. The molecule has 0 aromatic heterocycles. The van der Waals surface area contributed by atoms with E-state index in [1.54, 1.807) is 59.7 Å². The summed E-state index contributed by atoms with van der Waals surface area (Å²) >= 11 is 0. The number of benzene rings is 1. The van der Waals surface area contributed by atoms with E-state index in [-0.39, 0.29) is 6.42 Å². The van der Waals surface area contributed by atoms with Crippen LogP contribution in [0.3, 0.4) is 0 Å². The van der Waals surface area contributed by atoms with E-state index in [4.69, 9.17) is 20.9 Å². The minimum atomic E-state index is -0.905. The second kappa shape index (κ2) is 7.63. The molecule has 1 rings (SSSR count). The van der Waals surface area contributed by atoms with Crippen LogP contribution in [0, 0.1) is 0 Å². The maximum atomic E-state index is 12.5. The van der Waals surface area contributed by atoms with Crippen LogP contribution in [0.5, 0.6) is 0 Å². The van der Waals surface area contributed by atoms with Gasteiger partial charge in [0, 0.05) is 6.42 Å². The van der Waals surface area contributed by atoms with Crippen LogP contribution in [-0.2, 0) is 20.7 Å². The van der Waals surface area contributed by atoms with Crippen LogP contribution in [0.1, 0.15) is 47.1 Å². The number of ether oxygens (including phenoxy) is 2. The van der Waals surface area contributed by atoms with Crippen molar-refractivity contribution in [2.45, 2.75) is 65.2 Å². The molecule has 0 saturated heterocycles. The molecule has 1 atom stereocenters. The van der Waals surface area contributed by atoms with Crippen LogP contribution in [0.15, 0.2) is 18.2 Å². The molecule has 0 spiro atoms. The highest BCUT2D eigenvalue weighted by Crippen LogP contribution is 2.18. The first-order chi connectivity index (χ1) is 11.3. The molecule has 0 heterocycles. The molecule has 140 valence electrons. The molecule has 7 nitrogen and oxygen atoms in total. The maximum Gasteiger partial charge on any atom is 0.408 e. The summed E-state index contributed by atoms with van der Waals surface area (Å²) in [7, 11) is 0. The second-order valence-electron chi connectivity index (χ2n) is 7.90. The minimum absolute atomic E-state index is 0.207. The summed E-state index contributed by atoms with van der Waals surface area (Å²) in [5, 5.41) is 2.57. The highest BCUT2D eigenvalue weighted by atomic mass is 16.6. The Morgan fingerprint density at radius 1 is 1.00 bits per heavy atom. The van der Waals surface area contributed by atoms with Crippen molar-refractivity contribution in [3.63, 3.8) is 0 Å². The highest BCUT2D eigenvalue weighted by Gasteiger charge is 2.29. The number of esters is 1. The molecule has 0 unspecified atom stereocenters. The fourth-order valence-corrected chi connectivity index (χ4v) is 2.00. The Kier molecular flexibility index (Phi) is 6.29. The summed E-state index contributed by atoms with van der Waals surface area (Å²) in [5.74, 6) is -0.547. The van der Waals surface area contributed by atoms with Gasteiger partial charge in [-0.15, -0.1) is 0 Å². The normalized spacial score (nSPS) is 13.0. The molecule has 0 aliphatic rings. The second-order valence-corrected chi connectivity index (χ2v) is 7.90. The quantitative estimate of drug-likeness (QED) is 0.567. The van der Waals surface area contributed by atoms with Crippen LogP contribution in [0.25, 0.3) is 0 Å². The number of nitrogen functional groups attached to an aromatic ring is 2. The van der Waals surface area contributed by atoms with Crippen molar-refractivity contribution in [1.82, 2.24) is 5.32 Å². The van der Waals surface area contributed by atoms with E-state index in [0.717, 1.165) is 5.56 Å². The minimum Gasteiger partial charge on any atom is -0.458 e. The van der Waals surface area contributed by atoms with Crippen molar-refractivity contribution in [2.75, 3.05) is 11.5 Å². The topological polar surface area (TPSA) is 117 Å². The van der Waals surface area contributed by atoms with Gasteiger partial charge in [-0.3, -0.25) is 0 Å².